The molecule has 0 bridgehead atoms. The third kappa shape index (κ3) is 2.67. The zero-order chi connectivity index (χ0) is 13.1. The van der Waals surface area contributed by atoms with Crippen LogP contribution in [0.5, 0.6) is 0 Å². The monoisotopic (exact) mass is 248 g/mol. The molecule has 1 aliphatic rings. The molecule has 1 aromatic heterocycles. The van der Waals surface area contributed by atoms with E-state index in [0.717, 1.165) is 5.56 Å². The van der Waals surface area contributed by atoms with E-state index < -0.39 is 11.9 Å². The lowest BCUT2D eigenvalue weighted by atomic mass is 9.99. The summed E-state index contributed by atoms with van der Waals surface area (Å²) in [7, 11) is 0. The third-order valence-electron chi connectivity index (χ3n) is 3.36. The van der Waals surface area contributed by atoms with E-state index in [4.69, 9.17) is 5.11 Å². The van der Waals surface area contributed by atoms with Crippen molar-refractivity contribution in [2.45, 2.75) is 13.3 Å². The van der Waals surface area contributed by atoms with Gasteiger partial charge in [0.25, 0.3) is 0 Å². The van der Waals surface area contributed by atoms with Crippen LogP contribution in [-0.4, -0.2) is 40.0 Å². The minimum absolute atomic E-state index is 0.0142. The van der Waals surface area contributed by atoms with Crippen molar-refractivity contribution >= 4 is 11.9 Å². The van der Waals surface area contributed by atoms with Crippen LogP contribution in [0, 0.1) is 11.8 Å². The number of pyridine rings is 1. The van der Waals surface area contributed by atoms with Gasteiger partial charge in [-0.1, -0.05) is 13.0 Å². The van der Waals surface area contributed by atoms with Crippen LogP contribution < -0.4 is 0 Å². The highest BCUT2D eigenvalue weighted by molar-refractivity contribution is 5.80. The fourth-order valence-corrected chi connectivity index (χ4v) is 2.28. The van der Waals surface area contributed by atoms with Crippen LogP contribution in [0.1, 0.15) is 12.5 Å². The Morgan fingerprint density at radius 2 is 2.28 bits per heavy atom. The summed E-state index contributed by atoms with van der Waals surface area (Å²) in [6.45, 7) is 2.71. The Morgan fingerprint density at radius 3 is 2.83 bits per heavy atom. The van der Waals surface area contributed by atoms with E-state index in [2.05, 4.69) is 4.98 Å². The van der Waals surface area contributed by atoms with Gasteiger partial charge in [-0.3, -0.25) is 14.6 Å². The zero-order valence-electron chi connectivity index (χ0n) is 10.2. The van der Waals surface area contributed by atoms with Crippen LogP contribution in [0.15, 0.2) is 24.5 Å². The molecule has 1 N–H and O–H groups in total. The SMILES string of the molecule is C[C@@H]1CN(C(=O)Cc2cccnc2)C[C@H]1C(=O)O. The minimum Gasteiger partial charge on any atom is -0.481 e. The number of amides is 1. The largest absolute Gasteiger partial charge is 0.481 e. The Balaban J connectivity index is 1.97. The van der Waals surface area contributed by atoms with Crippen molar-refractivity contribution in [1.82, 2.24) is 9.88 Å². The van der Waals surface area contributed by atoms with Gasteiger partial charge in [-0.25, -0.2) is 0 Å². The van der Waals surface area contributed by atoms with Gasteiger partial charge >= 0.3 is 5.97 Å². The van der Waals surface area contributed by atoms with E-state index >= 15 is 0 Å². The van der Waals surface area contributed by atoms with Crippen molar-refractivity contribution in [3.8, 4) is 0 Å². The molecule has 5 heteroatoms. The van der Waals surface area contributed by atoms with Gasteiger partial charge in [-0.05, 0) is 17.5 Å². The number of hydrogen-bond acceptors (Lipinski definition) is 3. The maximum Gasteiger partial charge on any atom is 0.308 e. The Hall–Kier alpha value is -1.91. The normalized spacial score (nSPS) is 23.1. The molecule has 1 saturated heterocycles. The van der Waals surface area contributed by atoms with Crippen molar-refractivity contribution in [3.63, 3.8) is 0 Å². The van der Waals surface area contributed by atoms with Crippen LogP contribution in [0.25, 0.3) is 0 Å². The molecule has 2 heterocycles. The molecular formula is C13H16N2O3. The van der Waals surface area contributed by atoms with Gasteiger partial charge in [0, 0.05) is 25.5 Å². The van der Waals surface area contributed by atoms with Crippen molar-refractivity contribution in [3.05, 3.63) is 30.1 Å². The molecule has 0 aliphatic carbocycles. The standard InChI is InChI=1S/C13H16N2O3/c1-9-7-15(8-11(9)13(17)18)12(16)5-10-3-2-4-14-6-10/h2-4,6,9,11H,5,7-8H2,1H3,(H,17,18)/t9-,11-/m1/s1. The number of nitrogens with zero attached hydrogens (tertiary/aromatic N) is 2. The second-order valence-corrected chi connectivity index (χ2v) is 4.76. The van der Waals surface area contributed by atoms with Crippen LogP contribution in [0.3, 0.4) is 0 Å². The fourth-order valence-electron chi connectivity index (χ4n) is 2.28. The summed E-state index contributed by atoms with van der Waals surface area (Å²) in [4.78, 5) is 28.6. The predicted octanol–water partition coefficient (Wildman–Crippen LogP) is 0.803. The van der Waals surface area contributed by atoms with Crippen LogP contribution >= 0.6 is 0 Å². The van der Waals surface area contributed by atoms with E-state index in [0.29, 0.717) is 13.1 Å². The number of carbonyl (C=O) groups is 2. The van der Waals surface area contributed by atoms with Gasteiger partial charge < -0.3 is 10.0 Å². The van der Waals surface area contributed by atoms with Crippen molar-refractivity contribution in [2.75, 3.05) is 13.1 Å². The average molecular weight is 248 g/mol. The molecule has 0 unspecified atom stereocenters. The molecule has 1 amide bonds. The van der Waals surface area contributed by atoms with Crippen LogP contribution in [0.2, 0.25) is 0 Å². The molecule has 5 nitrogen and oxygen atoms in total. The lowest BCUT2D eigenvalue weighted by Crippen LogP contribution is -2.31. The first-order valence-electron chi connectivity index (χ1n) is 5.97. The average Bonchev–Trinajstić information content (AvgIpc) is 2.73. The summed E-state index contributed by atoms with van der Waals surface area (Å²) < 4.78 is 0. The van der Waals surface area contributed by atoms with E-state index in [1.54, 1.807) is 23.4 Å². The summed E-state index contributed by atoms with van der Waals surface area (Å²) in [6.07, 6.45) is 3.60. The summed E-state index contributed by atoms with van der Waals surface area (Å²) in [6, 6.07) is 3.63. The molecule has 18 heavy (non-hydrogen) atoms. The topological polar surface area (TPSA) is 70.5 Å². The minimum atomic E-state index is -0.820. The number of rotatable bonds is 3. The number of carboxylic acid groups (broad SMARTS) is 1. The summed E-state index contributed by atoms with van der Waals surface area (Å²) in [5.74, 6) is -1.28. The second kappa shape index (κ2) is 5.16. The number of carboxylic acids is 1. The van der Waals surface area contributed by atoms with Gasteiger partial charge in [0.1, 0.15) is 0 Å². The maximum absolute atomic E-state index is 12.0. The zero-order valence-corrected chi connectivity index (χ0v) is 10.2. The van der Waals surface area contributed by atoms with E-state index in [-0.39, 0.29) is 18.2 Å². The molecule has 0 aromatic carbocycles. The number of aliphatic carboxylic acids is 1. The summed E-state index contributed by atoms with van der Waals surface area (Å²) >= 11 is 0. The number of aromatic nitrogens is 1. The summed E-state index contributed by atoms with van der Waals surface area (Å²) in [5, 5.41) is 9.02. The van der Waals surface area contributed by atoms with Crippen molar-refractivity contribution in [2.24, 2.45) is 11.8 Å². The van der Waals surface area contributed by atoms with Crippen molar-refractivity contribution < 1.29 is 14.7 Å². The van der Waals surface area contributed by atoms with Gasteiger partial charge in [-0.2, -0.15) is 0 Å². The molecule has 1 aliphatic heterocycles. The first-order valence-corrected chi connectivity index (χ1v) is 5.97. The highest BCUT2D eigenvalue weighted by atomic mass is 16.4. The molecular weight excluding hydrogens is 232 g/mol. The molecule has 96 valence electrons. The second-order valence-electron chi connectivity index (χ2n) is 4.76. The lowest BCUT2D eigenvalue weighted by molar-refractivity contribution is -0.142. The third-order valence-corrected chi connectivity index (χ3v) is 3.36. The molecule has 1 fully saturated rings. The van der Waals surface area contributed by atoms with Crippen LogP contribution in [0.4, 0.5) is 0 Å². The molecule has 2 atom stereocenters. The van der Waals surface area contributed by atoms with Gasteiger partial charge in [-0.15, -0.1) is 0 Å². The maximum atomic E-state index is 12.0. The van der Waals surface area contributed by atoms with Crippen molar-refractivity contribution in [1.29, 1.82) is 0 Å². The van der Waals surface area contributed by atoms with E-state index in [1.807, 2.05) is 13.0 Å². The van der Waals surface area contributed by atoms with E-state index in [9.17, 15) is 9.59 Å². The number of likely N-dealkylation sites (tertiary alicyclic amines) is 1. The molecule has 0 radical (unpaired) electrons. The number of hydrogen-bond donors (Lipinski definition) is 1. The smallest absolute Gasteiger partial charge is 0.308 e. The molecule has 2 rings (SSSR count). The highest BCUT2D eigenvalue weighted by Crippen LogP contribution is 2.23. The first kappa shape index (κ1) is 12.5. The highest BCUT2D eigenvalue weighted by Gasteiger charge is 2.36. The van der Waals surface area contributed by atoms with Crippen LogP contribution in [-0.2, 0) is 16.0 Å². The lowest BCUT2D eigenvalue weighted by Gasteiger charge is -2.15. The molecule has 1 aromatic rings. The Morgan fingerprint density at radius 1 is 1.50 bits per heavy atom. The number of carbonyl (C=O) groups excluding carboxylic acids is 1. The van der Waals surface area contributed by atoms with Gasteiger partial charge in [0.05, 0.1) is 12.3 Å². The Kier molecular flexibility index (Phi) is 3.60. The Labute approximate surface area is 105 Å². The quantitative estimate of drug-likeness (QED) is 0.859. The van der Waals surface area contributed by atoms with Gasteiger partial charge in [0.15, 0.2) is 0 Å². The predicted molar refractivity (Wildman–Crippen MR) is 64.8 cm³/mol. The molecule has 0 saturated carbocycles. The first-order chi connectivity index (χ1) is 8.58. The summed E-state index contributed by atoms with van der Waals surface area (Å²) in [5.41, 5.74) is 0.855. The molecule has 0 spiro atoms. The van der Waals surface area contributed by atoms with E-state index in [1.165, 1.54) is 0 Å². The Bertz CT molecular complexity index is 447. The fraction of sp³-hybridized carbons (Fsp3) is 0.462. The van der Waals surface area contributed by atoms with Gasteiger partial charge in [0.2, 0.25) is 5.91 Å².